The highest BCUT2D eigenvalue weighted by Crippen LogP contribution is 2.27. The van der Waals surface area contributed by atoms with Gasteiger partial charge in [0.15, 0.2) is 0 Å². The summed E-state index contributed by atoms with van der Waals surface area (Å²) < 4.78 is -2.87. The first-order chi connectivity index (χ1) is 54.7. The number of thiol groups is 2. The number of aliphatic hydroxyl groups excluding tert-OH is 1. The molecular formula is C76H102Cl2N18O19S2. The molecule has 0 spiro atoms. The van der Waals surface area contributed by atoms with Gasteiger partial charge >= 0.3 is 5.97 Å². The lowest BCUT2D eigenvalue weighted by atomic mass is 9.92. The van der Waals surface area contributed by atoms with Crippen LogP contribution in [0, 0.1) is 0 Å². The number of primary amides is 4. The lowest BCUT2D eigenvalue weighted by molar-refractivity contribution is -0.140. The van der Waals surface area contributed by atoms with E-state index in [-0.39, 0.29) is 47.8 Å². The molecule has 0 aliphatic heterocycles. The van der Waals surface area contributed by atoms with E-state index in [9.17, 15) is 67.7 Å². The van der Waals surface area contributed by atoms with Crippen LogP contribution in [0.15, 0.2) is 91.1 Å². The van der Waals surface area contributed by atoms with Crippen LogP contribution in [0.1, 0.15) is 123 Å². The summed E-state index contributed by atoms with van der Waals surface area (Å²) >= 11 is 22.0. The summed E-state index contributed by atoms with van der Waals surface area (Å²) in [5, 5.41) is 52.7. The van der Waals surface area contributed by atoms with E-state index in [0.717, 1.165) is 19.2 Å². The average molecular weight is 1710 g/mol. The van der Waals surface area contributed by atoms with Crippen LogP contribution < -0.4 is 92.5 Å². The first kappa shape index (κ1) is 96.5. The number of nitrogens with one attached hydrogen (secondary N) is 13. The predicted molar refractivity (Wildman–Crippen MR) is 437 cm³/mol. The Bertz CT molecular complexity index is 4520. The smallest absolute Gasteiger partial charge is 0.303 e. The molecule has 41 heteroatoms. The van der Waals surface area contributed by atoms with Crippen molar-refractivity contribution >= 4 is 171 Å². The van der Waals surface area contributed by atoms with Crippen molar-refractivity contribution in [3.8, 4) is 0 Å². The minimum absolute atomic E-state index is 0.00291. The van der Waals surface area contributed by atoms with Crippen molar-refractivity contribution in [3.05, 3.63) is 118 Å². The highest BCUT2D eigenvalue weighted by Gasteiger charge is 2.44. The van der Waals surface area contributed by atoms with Crippen molar-refractivity contribution in [3.63, 3.8) is 0 Å². The molecule has 12 atom stereocenters. The van der Waals surface area contributed by atoms with E-state index in [1.54, 1.807) is 60.7 Å². The number of aliphatic carboxylic acids is 1. The normalized spacial score (nSPS) is 14.8. The van der Waals surface area contributed by atoms with E-state index in [1.807, 2.05) is 6.07 Å². The summed E-state index contributed by atoms with van der Waals surface area (Å²) in [6.45, 7) is 8.47. The van der Waals surface area contributed by atoms with Gasteiger partial charge in [-0.1, -0.05) is 89.9 Å². The number of aliphatic hydroxyl groups is 1. The van der Waals surface area contributed by atoms with Crippen LogP contribution in [0.3, 0.4) is 0 Å². The zero-order chi connectivity index (χ0) is 87.6. The Morgan fingerprint density at radius 3 is 1.50 bits per heavy atom. The van der Waals surface area contributed by atoms with Crippen LogP contribution in [0.4, 0.5) is 0 Å². The fourth-order valence-electron chi connectivity index (χ4n) is 12.2. The number of carbonyl (C=O) groups is 17. The average Bonchev–Trinajstić information content (AvgIpc) is 1.79. The van der Waals surface area contributed by atoms with Crippen LogP contribution in [0.2, 0.25) is 10.0 Å². The van der Waals surface area contributed by atoms with Crippen LogP contribution in [-0.2, 0) is 101 Å². The molecule has 0 saturated heterocycles. The van der Waals surface area contributed by atoms with Gasteiger partial charge in [-0.25, -0.2) is 0 Å². The Labute approximate surface area is 694 Å². The van der Waals surface area contributed by atoms with Gasteiger partial charge in [-0.05, 0) is 126 Å². The largest absolute Gasteiger partial charge is 0.481 e. The molecule has 16 amide bonds. The monoisotopic (exact) mass is 1700 g/mol. The number of nitrogens with two attached hydrogens (primary N) is 5. The number of para-hydroxylation sites is 1. The Balaban J connectivity index is 1.55. The van der Waals surface area contributed by atoms with Crippen LogP contribution in [0.5, 0.6) is 0 Å². The second-order valence-electron chi connectivity index (χ2n) is 29.4. The fourth-order valence-corrected chi connectivity index (χ4v) is 12.9. The summed E-state index contributed by atoms with van der Waals surface area (Å²) in [5.41, 5.74) is 27.1. The molecule has 0 fully saturated rings. The number of carboxylic acid groups (broad SMARTS) is 1. The van der Waals surface area contributed by atoms with Crippen molar-refractivity contribution in [2.45, 2.75) is 207 Å². The number of H-pyrrole nitrogens is 1. The van der Waals surface area contributed by atoms with Gasteiger partial charge in [-0.15, -0.1) is 0 Å². The number of amides is 16. The quantitative estimate of drug-likeness (QED) is 0.0184. The third-order valence-corrected chi connectivity index (χ3v) is 19.7. The molecule has 117 heavy (non-hydrogen) atoms. The zero-order valence-electron chi connectivity index (χ0n) is 65.3. The van der Waals surface area contributed by atoms with Crippen molar-refractivity contribution in [2.24, 2.45) is 28.7 Å². The van der Waals surface area contributed by atoms with Crippen molar-refractivity contribution in [1.29, 1.82) is 0 Å². The first-order valence-corrected chi connectivity index (χ1v) is 38.6. The summed E-state index contributed by atoms with van der Waals surface area (Å²) in [6.07, 6.45) is -6.04. The summed E-state index contributed by atoms with van der Waals surface area (Å²) in [5.74, 6) is -18.3. The van der Waals surface area contributed by atoms with Crippen LogP contribution in [0.25, 0.3) is 21.7 Å². The Hall–Kier alpha value is -11.1. The molecule has 0 unspecified atom stereocenters. The second-order valence-corrected chi connectivity index (χ2v) is 32.5. The Kier molecular flexibility index (Phi) is 36.5. The molecule has 1 heterocycles. The maximum atomic E-state index is 15.4. The summed E-state index contributed by atoms with van der Waals surface area (Å²) in [4.78, 5) is 236. The highest BCUT2D eigenvalue weighted by atomic mass is 35.5. The van der Waals surface area contributed by atoms with E-state index < -0.39 is 240 Å². The van der Waals surface area contributed by atoms with Crippen molar-refractivity contribution in [1.82, 2.24) is 68.8 Å². The van der Waals surface area contributed by atoms with Gasteiger partial charge in [0.2, 0.25) is 94.5 Å². The lowest BCUT2D eigenvalue weighted by Gasteiger charge is -2.34. The molecule has 0 aliphatic rings. The van der Waals surface area contributed by atoms with E-state index in [0.29, 0.717) is 27.4 Å². The van der Waals surface area contributed by atoms with Crippen molar-refractivity contribution < 1.29 is 91.7 Å². The predicted octanol–water partition coefficient (Wildman–Crippen LogP) is -2.19. The number of benzene rings is 4. The lowest BCUT2D eigenvalue weighted by Crippen LogP contribution is -2.65. The number of hydrogen-bond acceptors (Lipinski definition) is 21. The number of fused-ring (bicyclic) bond motifs is 2. The number of carboxylic acids is 1. The third kappa shape index (κ3) is 30.8. The number of halogens is 2. The van der Waals surface area contributed by atoms with Crippen molar-refractivity contribution in [2.75, 3.05) is 13.1 Å². The standard InChI is InChI=1S/C76H102Cl2N18O19S2/c1-37(97)60(94-65(107)48(21-24-55(80)99)88-71(113)61(74(3,4)116)86-38(2)98)70(112)91-53(33-43-35-84-47-16-11-10-15-44(43)47)68(110)87-49(22-25-56(81)100)66(108)95-62(75(5,6)117)72(114)92-51(32-40-18-20-45(77)46(78)30-40)67(109)89-52(31-39-17-19-41-13-8-9-14-42(41)29-39)69(111)96-76(7,27-12-28-79)73(115)93-50(23-26-59(103)104)64(106)90-54(34-57(82)101)63(105)85-36-58(83)102/h8-11,13-20,29-30,35,37,48-54,60-62,84,97,116-117H,12,21-28,31-34,36,79H2,1-7H3,(H2,80,99)(H2,81,100)(H2,82,101)(H2,83,102)(H,85,105)(H,86,98)(H,87,110)(H,88,113)(H,89,109)(H,90,106)(H,91,112)(H,92,114)(H,93,115)(H,94,107)(H,95,108)(H,96,111)(H,103,104)/t37-,48+,49+,50+,51+,52+,53+,54+,60+,61-,62-,76+/m1/s1. The van der Waals surface area contributed by atoms with E-state index in [1.165, 1.54) is 59.0 Å². The SMILES string of the molecule is CC(=O)N[C@H](C(=O)N[C@@H](CCC(N)=O)C(=O)N[C@H](C(=O)N[C@@H](Cc1c[nH]c2ccccc12)C(=O)N[C@@H](CCC(N)=O)C(=O)N[C@H](C(=O)N[C@@H](Cc1ccc(Cl)c(Cl)c1)C(=O)N[C@@H](Cc1ccc2ccccc2c1)C(=O)N[C@@](C)(CCCN)C(=O)N[C@@H](CCC(=O)O)C(=O)N[C@@H](CC(N)=O)C(=O)NCC(N)=O)C(C)(C)S)[C@@H](C)O)C(C)(C)S. The molecule has 37 nitrogen and oxygen atoms in total. The molecule has 0 saturated carbocycles. The third-order valence-electron chi connectivity index (χ3n) is 18.5. The number of aromatic amines is 1. The fraction of sp³-hybridized carbons (Fsp3) is 0.461. The molecule has 0 radical (unpaired) electrons. The maximum Gasteiger partial charge on any atom is 0.303 e. The highest BCUT2D eigenvalue weighted by molar-refractivity contribution is 7.82. The molecule has 0 aliphatic carbocycles. The molecule has 1 aromatic heterocycles. The van der Waals surface area contributed by atoms with Crippen LogP contribution >= 0.6 is 48.5 Å². The molecular weight excluding hydrogens is 1600 g/mol. The van der Waals surface area contributed by atoms with Gasteiger partial charge in [0.05, 0.1) is 29.1 Å². The van der Waals surface area contributed by atoms with Gasteiger partial charge in [-0.2, -0.15) is 25.3 Å². The summed E-state index contributed by atoms with van der Waals surface area (Å²) in [6, 6.07) is 5.89. The zero-order valence-corrected chi connectivity index (χ0v) is 68.6. The Morgan fingerprint density at radius 2 is 0.957 bits per heavy atom. The van der Waals surface area contributed by atoms with Crippen LogP contribution in [-0.4, -0.2) is 210 Å². The molecule has 25 N–H and O–H groups in total. The van der Waals surface area contributed by atoms with E-state index >= 15 is 24.0 Å². The van der Waals surface area contributed by atoms with Gasteiger partial charge in [-0.3, -0.25) is 81.5 Å². The van der Waals surface area contributed by atoms with Gasteiger partial charge in [0.1, 0.15) is 66.0 Å². The van der Waals surface area contributed by atoms with Gasteiger partial charge in [0.25, 0.3) is 0 Å². The van der Waals surface area contributed by atoms with E-state index in [4.69, 9.17) is 64.5 Å². The second kappa shape index (κ2) is 44.3. The number of rotatable bonds is 47. The molecule has 5 aromatic rings. The van der Waals surface area contributed by atoms with Gasteiger partial charge in [0, 0.05) is 72.0 Å². The number of aromatic nitrogens is 1. The van der Waals surface area contributed by atoms with Gasteiger partial charge < -0.3 is 108 Å². The topological polar surface area (TPSA) is 621 Å². The minimum atomic E-state index is -2.11. The molecule has 0 bridgehead atoms. The first-order valence-electron chi connectivity index (χ1n) is 37.0. The molecule has 5 rings (SSSR count). The minimum Gasteiger partial charge on any atom is -0.481 e. The maximum absolute atomic E-state index is 15.4. The molecule has 636 valence electrons. The Morgan fingerprint density at radius 1 is 0.487 bits per heavy atom. The summed E-state index contributed by atoms with van der Waals surface area (Å²) in [7, 11) is 0. The number of carbonyl (C=O) groups excluding carboxylic acids is 16. The van der Waals surface area contributed by atoms with E-state index in [2.05, 4.69) is 81.4 Å². The number of hydrogen-bond donors (Lipinski definition) is 22. The molecule has 4 aromatic carbocycles.